The van der Waals surface area contributed by atoms with Crippen molar-refractivity contribution in [2.45, 2.75) is 12.1 Å². The van der Waals surface area contributed by atoms with E-state index in [1.807, 2.05) is 0 Å². The summed E-state index contributed by atoms with van der Waals surface area (Å²) in [5, 5.41) is 12.6. The van der Waals surface area contributed by atoms with Gasteiger partial charge in [-0.1, -0.05) is 0 Å². The number of halogens is 1. The van der Waals surface area contributed by atoms with E-state index in [1.54, 1.807) is 35.3 Å². The molecule has 1 fully saturated rings. The Kier molecular flexibility index (Phi) is 4.24. The minimum absolute atomic E-state index is 0.238. The third-order valence-corrected chi connectivity index (χ3v) is 4.84. The molecule has 29 heavy (non-hydrogen) atoms. The fourth-order valence-corrected chi connectivity index (χ4v) is 3.42. The molecule has 9 nitrogen and oxygen atoms in total. The van der Waals surface area contributed by atoms with Crippen LogP contribution in [0, 0.1) is 5.82 Å². The van der Waals surface area contributed by atoms with Gasteiger partial charge in [0.15, 0.2) is 5.82 Å². The zero-order valence-corrected chi connectivity index (χ0v) is 15.1. The van der Waals surface area contributed by atoms with Crippen LogP contribution in [-0.2, 0) is 4.74 Å². The van der Waals surface area contributed by atoms with E-state index in [0.29, 0.717) is 35.8 Å². The monoisotopic (exact) mass is 393 g/mol. The van der Waals surface area contributed by atoms with Crippen LogP contribution in [0.2, 0.25) is 0 Å². The average molecular weight is 393 g/mol. The number of anilines is 1. The zero-order valence-electron chi connectivity index (χ0n) is 15.1. The molecule has 4 heterocycles. The van der Waals surface area contributed by atoms with Crippen LogP contribution in [0.5, 0.6) is 0 Å². The molecule has 1 aliphatic rings. The predicted molar refractivity (Wildman–Crippen MR) is 102 cm³/mol. The number of hydrogen-bond donors (Lipinski definition) is 1. The molecule has 0 amide bonds. The highest BCUT2D eigenvalue weighted by Gasteiger charge is 2.32. The highest BCUT2D eigenvalue weighted by molar-refractivity contribution is 5.88. The molecule has 1 N–H and O–H groups in total. The van der Waals surface area contributed by atoms with Gasteiger partial charge in [-0.05, 0) is 24.3 Å². The summed E-state index contributed by atoms with van der Waals surface area (Å²) in [5.41, 5.74) is 0.256. The Morgan fingerprint density at radius 3 is 2.97 bits per heavy atom. The molecule has 10 heteroatoms. The summed E-state index contributed by atoms with van der Waals surface area (Å²) in [6, 6.07) is 8.60. The molecule has 5 rings (SSSR count). The predicted octanol–water partition coefficient (Wildman–Crippen LogP) is 1.56. The van der Waals surface area contributed by atoms with E-state index in [2.05, 4.69) is 25.5 Å². The number of aromatic nitrogens is 6. The van der Waals surface area contributed by atoms with Crippen molar-refractivity contribution in [3.63, 3.8) is 0 Å². The van der Waals surface area contributed by atoms with Crippen LogP contribution < -0.4 is 10.9 Å². The Bertz CT molecular complexity index is 1220. The topological polar surface area (TPSA) is 99.8 Å². The lowest BCUT2D eigenvalue weighted by Crippen LogP contribution is -2.37. The summed E-state index contributed by atoms with van der Waals surface area (Å²) in [6.45, 7) is 0.697. The van der Waals surface area contributed by atoms with Crippen LogP contribution in [0.3, 0.4) is 0 Å². The maximum Gasteiger partial charge on any atom is 0.267 e. The molecule has 146 valence electrons. The highest BCUT2D eigenvalue weighted by atomic mass is 19.1. The normalized spacial score (nSPS) is 18.9. The van der Waals surface area contributed by atoms with E-state index < -0.39 is 0 Å². The zero-order chi connectivity index (χ0) is 19.8. The Morgan fingerprint density at radius 2 is 2.10 bits per heavy atom. The van der Waals surface area contributed by atoms with Gasteiger partial charge >= 0.3 is 0 Å². The molecule has 1 aromatic carbocycles. The summed E-state index contributed by atoms with van der Waals surface area (Å²) >= 11 is 0. The number of ether oxygens (including phenoxy) is 1. The van der Waals surface area contributed by atoms with Crippen LogP contribution in [0.1, 0.15) is 6.04 Å². The van der Waals surface area contributed by atoms with Gasteiger partial charge in [0.1, 0.15) is 24.0 Å². The molecule has 0 aliphatic carbocycles. The molecule has 0 radical (unpaired) electrons. The first-order chi connectivity index (χ1) is 14.2. The fourth-order valence-electron chi connectivity index (χ4n) is 3.42. The van der Waals surface area contributed by atoms with Crippen LogP contribution >= 0.6 is 0 Å². The number of nitrogens with one attached hydrogen (secondary N) is 1. The average Bonchev–Trinajstić information content (AvgIpc) is 3.41. The summed E-state index contributed by atoms with van der Waals surface area (Å²) in [7, 11) is 0. The molecule has 0 bridgehead atoms. The molecule has 4 aromatic rings. The first-order valence-electron chi connectivity index (χ1n) is 9.03. The quantitative estimate of drug-likeness (QED) is 0.562. The van der Waals surface area contributed by atoms with Gasteiger partial charge in [-0.2, -0.15) is 5.10 Å². The first-order valence-corrected chi connectivity index (χ1v) is 9.03. The van der Waals surface area contributed by atoms with Crippen LogP contribution in [0.25, 0.3) is 16.7 Å². The molecule has 0 spiro atoms. The molecule has 1 aliphatic heterocycles. The van der Waals surface area contributed by atoms with Crippen molar-refractivity contribution in [3.05, 3.63) is 71.3 Å². The third kappa shape index (κ3) is 3.23. The molecular weight excluding hydrogens is 377 g/mol. The summed E-state index contributed by atoms with van der Waals surface area (Å²) in [4.78, 5) is 20.9. The lowest BCUT2D eigenvalue weighted by atomic mass is 10.1. The van der Waals surface area contributed by atoms with Gasteiger partial charge in [-0.3, -0.25) is 4.79 Å². The van der Waals surface area contributed by atoms with Crippen molar-refractivity contribution < 1.29 is 9.13 Å². The lowest BCUT2D eigenvalue weighted by molar-refractivity contribution is 0.182. The maximum atomic E-state index is 13.5. The standard InChI is InChI=1S/C19H16FN7O2/c20-12-2-3-13-14(8-12)21-11-22-19(13)24-15-9-29-10-16(15)27-18(28)5-4-17(25-27)26-7-1-6-23-26/h1-8,11,15-16H,9-10H2,(H,21,22,24). The minimum atomic E-state index is -0.365. The number of hydrogen-bond acceptors (Lipinski definition) is 7. The van der Waals surface area contributed by atoms with Gasteiger partial charge in [0.05, 0.1) is 24.8 Å². The van der Waals surface area contributed by atoms with Gasteiger partial charge in [-0.25, -0.2) is 23.7 Å². The Morgan fingerprint density at radius 1 is 1.17 bits per heavy atom. The Balaban J connectivity index is 1.49. The van der Waals surface area contributed by atoms with E-state index >= 15 is 0 Å². The number of fused-ring (bicyclic) bond motifs is 1. The van der Waals surface area contributed by atoms with E-state index in [9.17, 15) is 9.18 Å². The van der Waals surface area contributed by atoms with Gasteiger partial charge in [-0.15, -0.1) is 5.10 Å². The SMILES string of the molecule is O=c1ccc(-n2cccn2)nn1C1COCC1Nc1ncnc2cc(F)ccc12. The summed E-state index contributed by atoms with van der Waals surface area (Å²) in [5.74, 6) is 0.713. The summed E-state index contributed by atoms with van der Waals surface area (Å²) in [6.07, 6.45) is 4.77. The highest BCUT2D eigenvalue weighted by Crippen LogP contribution is 2.25. The molecule has 0 saturated carbocycles. The van der Waals surface area contributed by atoms with Crippen LogP contribution in [0.4, 0.5) is 10.2 Å². The maximum absolute atomic E-state index is 13.5. The minimum Gasteiger partial charge on any atom is -0.377 e. The van der Waals surface area contributed by atoms with Gasteiger partial charge in [0, 0.05) is 29.9 Å². The largest absolute Gasteiger partial charge is 0.377 e. The van der Waals surface area contributed by atoms with Gasteiger partial charge < -0.3 is 10.1 Å². The molecule has 2 unspecified atom stereocenters. The Hall–Kier alpha value is -3.66. The lowest BCUT2D eigenvalue weighted by Gasteiger charge is -2.21. The van der Waals surface area contributed by atoms with E-state index in [0.717, 1.165) is 0 Å². The number of rotatable bonds is 4. The second-order valence-corrected chi connectivity index (χ2v) is 6.66. The van der Waals surface area contributed by atoms with Gasteiger partial charge in [0.2, 0.25) is 0 Å². The van der Waals surface area contributed by atoms with Crippen molar-refractivity contribution >= 4 is 16.7 Å². The van der Waals surface area contributed by atoms with Crippen molar-refractivity contribution in [3.8, 4) is 5.82 Å². The van der Waals surface area contributed by atoms with Crippen molar-refractivity contribution in [2.75, 3.05) is 18.5 Å². The Labute approximate surface area is 163 Å². The fraction of sp³-hybridized carbons (Fsp3) is 0.211. The molecule has 3 aromatic heterocycles. The van der Waals surface area contributed by atoms with Crippen LogP contribution in [-0.4, -0.2) is 48.8 Å². The molecule has 2 atom stereocenters. The third-order valence-electron chi connectivity index (χ3n) is 4.84. The summed E-state index contributed by atoms with van der Waals surface area (Å²) < 4.78 is 22.1. The van der Waals surface area contributed by atoms with E-state index in [1.165, 1.54) is 29.2 Å². The van der Waals surface area contributed by atoms with Crippen molar-refractivity contribution in [1.29, 1.82) is 0 Å². The second kappa shape index (κ2) is 7.06. The molecular formula is C19H16FN7O2. The first kappa shape index (κ1) is 17.4. The number of nitrogens with zero attached hydrogens (tertiary/aromatic N) is 6. The van der Waals surface area contributed by atoms with E-state index in [4.69, 9.17) is 4.74 Å². The second-order valence-electron chi connectivity index (χ2n) is 6.66. The van der Waals surface area contributed by atoms with Crippen molar-refractivity contribution in [2.24, 2.45) is 0 Å². The van der Waals surface area contributed by atoms with Gasteiger partial charge in [0.25, 0.3) is 5.56 Å². The van der Waals surface area contributed by atoms with Crippen LogP contribution in [0.15, 0.2) is 59.9 Å². The smallest absolute Gasteiger partial charge is 0.267 e. The van der Waals surface area contributed by atoms with E-state index in [-0.39, 0.29) is 23.5 Å². The van der Waals surface area contributed by atoms with Crippen molar-refractivity contribution in [1.82, 2.24) is 29.5 Å². The number of benzene rings is 1. The molecule has 1 saturated heterocycles.